The summed E-state index contributed by atoms with van der Waals surface area (Å²) in [5.74, 6) is 0.843. The summed E-state index contributed by atoms with van der Waals surface area (Å²) in [4.78, 5) is 12.6. The number of nitrogens with zero attached hydrogens (tertiary/aromatic N) is 1. The molecule has 1 fully saturated rings. The van der Waals surface area contributed by atoms with Crippen molar-refractivity contribution in [3.05, 3.63) is 68.1 Å². The number of amides is 1. The van der Waals surface area contributed by atoms with E-state index in [1.165, 1.54) is 6.42 Å². The number of nitrogens with one attached hydrogen (secondary N) is 1. The van der Waals surface area contributed by atoms with Gasteiger partial charge in [0.15, 0.2) is 0 Å². The van der Waals surface area contributed by atoms with Crippen LogP contribution in [0.1, 0.15) is 43.7 Å². The minimum absolute atomic E-state index is 0.114. The molecule has 2 atom stereocenters. The van der Waals surface area contributed by atoms with E-state index in [1.807, 2.05) is 48.5 Å². The largest absolute Gasteiger partial charge is 0.488 e. The SMILES string of the molecule is C[C@@H]1CCCC[C@H]1NC(=O)/C(C#N)=C/c1ccc(OCc2ccc(Br)cc2)c(Br)c1. The Labute approximate surface area is 194 Å². The van der Waals surface area contributed by atoms with Crippen molar-refractivity contribution >= 4 is 43.8 Å². The molecule has 0 unspecified atom stereocenters. The minimum atomic E-state index is -0.303. The topological polar surface area (TPSA) is 62.1 Å². The second-order valence-corrected chi connectivity index (χ2v) is 9.39. The monoisotopic (exact) mass is 530 g/mol. The van der Waals surface area contributed by atoms with Gasteiger partial charge < -0.3 is 10.1 Å². The highest BCUT2D eigenvalue weighted by Gasteiger charge is 2.24. The minimum Gasteiger partial charge on any atom is -0.488 e. The lowest BCUT2D eigenvalue weighted by atomic mass is 9.86. The smallest absolute Gasteiger partial charge is 0.262 e. The number of carbonyl (C=O) groups excluding carboxylic acids is 1. The van der Waals surface area contributed by atoms with Crippen molar-refractivity contribution in [1.82, 2.24) is 5.32 Å². The molecule has 0 saturated heterocycles. The Morgan fingerprint density at radius 3 is 2.60 bits per heavy atom. The van der Waals surface area contributed by atoms with Crippen molar-refractivity contribution in [2.75, 3.05) is 0 Å². The Balaban J connectivity index is 1.66. The first-order valence-corrected chi connectivity index (χ1v) is 11.6. The molecule has 0 radical (unpaired) electrons. The highest BCUT2D eigenvalue weighted by molar-refractivity contribution is 9.10. The fourth-order valence-corrected chi connectivity index (χ4v) is 4.33. The van der Waals surface area contributed by atoms with Crippen LogP contribution in [0.4, 0.5) is 0 Å². The van der Waals surface area contributed by atoms with Gasteiger partial charge in [-0.15, -0.1) is 0 Å². The van der Waals surface area contributed by atoms with Crippen molar-refractivity contribution in [2.24, 2.45) is 5.92 Å². The molecule has 6 heteroatoms. The molecule has 1 N–H and O–H groups in total. The van der Waals surface area contributed by atoms with Gasteiger partial charge in [0.1, 0.15) is 24.0 Å². The van der Waals surface area contributed by atoms with E-state index >= 15 is 0 Å². The van der Waals surface area contributed by atoms with Crippen LogP contribution < -0.4 is 10.1 Å². The molecule has 156 valence electrons. The Hall–Kier alpha value is -2.10. The van der Waals surface area contributed by atoms with Crippen LogP contribution in [0.25, 0.3) is 6.08 Å². The lowest BCUT2D eigenvalue weighted by molar-refractivity contribution is -0.118. The number of halogens is 2. The average Bonchev–Trinajstić information content (AvgIpc) is 2.74. The fourth-order valence-electron chi connectivity index (χ4n) is 3.56. The molecule has 1 aliphatic rings. The first-order valence-electron chi connectivity index (χ1n) is 10.1. The van der Waals surface area contributed by atoms with Crippen molar-refractivity contribution in [1.29, 1.82) is 5.26 Å². The van der Waals surface area contributed by atoms with Crippen LogP contribution in [0.5, 0.6) is 5.75 Å². The molecule has 1 amide bonds. The molecule has 2 aromatic carbocycles. The van der Waals surface area contributed by atoms with Crippen molar-refractivity contribution in [3.63, 3.8) is 0 Å². The quantitative estimate of drug-likeness (QED) is 0.347. The van der Waals surface area contributed by atoms with E-state index in [9.17, 15) is 10.1 Å². The van der Waals surface area contributed by atoms with Gasteiger partial charge in [-0.2, -0.15) is 5.26 Å². The van der Waals surface area contributed by atoms with E-state index in [0.29, 0.717) is 18.3 Å². The van der Waals surface area contributed by atoms with Gasteiger partial charge in [-0.1, -0.05) is 53.9 Å². The normalized spacial score (nSPS) is 19.1. The molecule has 0 aliphatic heterocycles. The maximum Gasteiger partial charge on any atom is 0.262 e. The molecule has 0 aromatic heterocycles. The second-order valence-electron chi connectivity index (χ2n) is 7.62. The summed E-state index contributed by atoms with van der Waals surface area (Å²) in [5.41, 5.74) is 1.94. The highest BCUT2D eigenvalue weighted by Crippen LogP contribution is 2.28. The zero-order chi connectivity index (χ0) is 21.5. The summed E-state index contributed by atoms with van der Waals surface area (Å²) in [5, 5.41) is 12.5. The van der Waals surface area contributed by atoms with Crippen LogP contribution in [0, 0.1) is 17.2 Å². The van der Waals surface area contributed by atoms with E-state index < -0.39 is 0 Å². The lowest BCUT2D eigenvalue weighted by Crippen LogP contribution is -2.41. The van der Waals surface area contributed by atoms with Crippen molar-refractivity contribution in [2.45, 2.75) is 45.3 Å². The summed E-state index contributed by atoms with van der Waals surface area (Å²) >= 11 is 6.95. The number of hydrogen-bond acceptors (Lipinski definition) is 3. The summed E-state index contributed by atoms with van der Waals surface area (Å²) in [6, 6.07) is 15.7. The van der Waals surface area contributed by atoms with Gasteiger partial charge in [0.2, 0.25) is 0 Å². The first-order chi connectivity index (χ1) is 14.5. The molecular weight excluding hydrogens is 508 g/mol. The predicted octanol–water partition coefficient (Wildman–Crippen LogP) is 6.39. The Morgan fingerprint density at radius 2 is 1.93 bits per heavy atom. The number of carbonyl (C=O) groups is 1. The summed E-state index contributed by atoms with van der Waals surface area (Å²) in [7, 11) is 0. The van der Waals surface area contributed by atoms with Gasteiger partial charge in [0.25, 0.3) is 5.91 Å². The van der Waals surface area contributed by atoms with Gasteiger partial charge in [0, 0.05) is 10.5 Å². The molecule has 30 heavy (non-hydrogen) atoms. The van der Waals surface area contributed by atoms with Crippen LogP contribution in [-0.2, 0) is 11.4 Å². The molecule has 0 heterocycles. The Kier molecular flexibility index (Phi) is 8.12. The summed E-state index contributed by atoms with van der Waals surface area (Å²) in [6.45, 7) is 2.61. The number of rotatable bonds is 6. The van der Waals surface area contributed by atoms with Crippen molar-refractivity contribution in [3.8, 4) is 11.8 Å². The van der Waals surface area contributed by atoms with E-state index in [1.54, 1.807) is 6.08 Å². The summed E-state index contributed by atoms with van der Waals surface area (Å²) < 4.78 is 7.68. The van der Waals surface area contributed by atoms with Crippen molar-refractivity contribution < 1.29 is 9.53 Å². The number of ether oxygens (including phenoxy) is 1. The third-order valence-corrected chi connectivity index (χ3v) is 6.52. The number of nitriles is 1. The molecule has 1 aliphatic carbocycles. The van der Waals surface area contributed by atoms with Crippen LogP contribution in [0.3, 0.4) is 0 Å². The Morgan fingerprint density at radius 1 is 1.20 bits per heavy atom. The number of hydrogen-bond donors (Lipinski definition) is 1. The van der Waals surface area contributed by atoms with E-state index in [4.69, 9.17) is 4.74 Å². The molecule has 0 bridgehead atoms. The van der Waals surface area contributed by atoms with Crippen LogP contribution in [0.15, 0.2) is 57.0 Å². The zero-order valence-electron chi connectivity index (χ0n) is 16.8. The average molecular weight is 532 g/mol. The molecule has 0 spiro atoms. The molecule has 1 saturated carbocycles. The zero-order valence-corrected chi connectivity index (χ0v) is 20.0. The van der Waals surface area contributed by atoms with E-state index in [-0.39, 0.29) is 17.5 Å². The summed E-state index contributed by atoms with van der Waals surface area (Å²) in [6.07, 6.45) is 6.03. The highest BCUT2D eigenvalue weighted by atomic mass is 79.9. The lowest BCUT2D eigenvalue weighted by Gasteiger charge is -2.29. The van der Waals surface area contributed by atoms with Gasteiger partial charge >= 0.3 is 0 Å². The van der Waals surface area contributed by atoms with Gasteiger partial charge in [0.05, 0.1) is 4.47 Å². The molecule has 2 aromatic rings. The van der Waals surface area contributed by atoms with Crippen LogP contribution in [0.2, 0.25) is 0 Å². The van der Waals surface area contributed by atoms with Gasteiger partial charge in [-0.05, 0) is 76.2 Å². The maximum absolute atomic E-state index is 12.6. The fraction of sp³-hybridized carbons (Fsp3) is 0.333. The second kappa shape index (κ2) is 10.8. The third kappa shape index (κ3) is 6.20. The predicted molar refractivity (Wildman–Crippen MR) is 126 cm³/mol. The molecule has 3 rings (SSSR count). The van der Waals surface area contributed by atoms with E-state index in [0.717, 1.165) is 39.3 Å². The van der Waals surface area contributed by atoms with Crippen LogP contribution >= 0.6 is 31.9 Å². The van der Waals surface area contributed by atoms with Gasteiger partial charge in [-0.3, -0.25) is 4.79 Å². The van der Waals surface area contributed by atoms with E-state index in [2.05, 4.69) is 44.1 Å². The standard InChI is InChI=1S/C24H24Br2N2O2/c1-16-4-2-3-5-22(16)28-24(29)19(14-27)12-18-8-11-23(21(26)13-18)30-15-17-6-9-20(25)10-7-17/h6-13,16,22H,2-5,15H2,1H3,(H,28,29)/b19-12+/t16-,22-/m1/s1. The third-order valence-electron chi connectivity index (χ3n) is 5.37. The maximum atomic E-state index is 12.6. The molecule has 4 nitrogen and oxygen atoms in total. The van der Waals surface area contributed by atoms with Crippen LogP contribution in [-0.4, -0.2) is 11.9 Å². The first kappa shape index (κ1) is 22.6. The van der Waals surface area contributed by atoms with Gasteiger partial charge in [-0.25, -0.2) is 0 Å². The molecular formula is C24H24Br2N2O2. The number of benzene rings is 2. The Bertz CT molecular complexity index is 964.